The van der Waals surface area contributed by atoms with Gasteiger partial charge in [-0.15, -0.1) is 0 Å². The molecule has 18 heavy (non-hydrogen) atoms. The van der Waals surface area contributed by atoms with Gasteiger partial charge in [-0.3, -0.25) is 9.89 Å². The summed E-state index contributed by atoms with van der Waals surface area (Å²) >= 11 is 0. The lowest BCUT2D eigenvalue weighted by Gasteiger charge is -2.11. The van der Waals surface area contributed by atoms with Crippen LogP contribution in [0.5, 0.6) is 0 Å². The van der Waals surface area contributed by atoms with Crippen molar-refractivity contribution in [2.24, 2.45) is 5.73 Å². The summed E-state index contributed by atoms with van der Waals surface area (Å²) in [5, 5.41) is 9.75. The second kappa shape index (κ2) is 7.87. The van der Waals surface area contributed by atoms with E-state index in [1.807, 2.05) is 13.1 Å². The molecule has 5 nitrogen and oxygen atoms in total. The summed E-state index contributed by atoms with van der Waals surface area (Å²) in [7, 11) is 0. The quantitative estimate of drug-likeness (QED) is 0.609. The minimum absolute atomic E-state index is 0.0348. The average molecular weight is 252 g/mol. The van der Waals surface area contributed by atoms with Crippen molar-refractivity contribution in [1.82, 2.24) is 15.5 Å². The van der Waals surface area contributed by atoms with Crippen LogP contribution in [0.15, 0.2) is 6.20 Å². The van der Waals surface area contributed by atoms with Crippen LogP contribution in [0, 0.1) is 6.92 Å². The molecule has 0 fully saturated rings. The number of hydrogen-bond acceptors (Lipinski definition) is 3. The summed E-state index contributed by atoms with van der Waals surface area (Å²) in [6.45, 7) is 4.77. The van der Waals surface area contributed by atoms with E-state index in [0.29, 0.717) is 6.54 Å². The van der Waals surface area contributed by atoms with Gasteiger partial charge < -0.3 is 11.1 Å². The summed E-state index contributed by atoms with van der Waals surface area (Å²) in [6.07, 6.45) is 6.51. The van der Waals surface area contributed by atoms with Gasteiger partial charge in [-0.05, 0) is 31.7 Å². The molecule has 0 bridgehead atoms. The third-order valence-electron chi connectivity index (χ3n) is 3.06. The van der Waals surface area contributed by atoms with Crippen molar-refractivity contribution in [3.63, 3.8) is 0 Å². The predicted molar refractivity (Wildman–Crippen MR) is 72.2 cm³/mol. The van der Waals surface area contributed by atoms with E-state index in [-0.39, 0.29) is 11.9 Å². The molecule has 0 aliphatic rings. The Balaban J connectivity index is 2.14. The molecule has 0 unspecified atom stereocenters. The number of carbonyl (C=O) groups is 1. The number of rotatable bonds is 8. The Bertz CT molecular complexity index is 362. The number of amides is 1. The first-order chi connectivity index (χ1) is 8.65. The molecule has 102 valence electrons. The first-order valence-corrected chi connectivity index (χ1v) is 6.67. The van der Waals surface area contributed by atoms with Gasteiger partial charge in [-0.25, -0.2) is 0 Å². The number of H-pyrrole nitrogens is 1. The summed E-state index contributed by atoms with van der Waals surface area (Å²) in [5.74, 6) is -0.0348. The fourth-order valence-electron chi connectivity index (χ4n) is 1.80. The Kier molecular flexibility index (Phi) is 6.43. The fraction of sp³-hybridized carbons (Fsp3) is 0.692. The normalized spacial score (nSPS) is 12.4. The minimum Gasteiger partial charge on any atom is -0.355 e. The zero-order valence-corrected chi connectivity index (χ0v) is 11.3. The summed E-state index contributed by atoms with van der Waals surface area (Å²) in [5.41, 5.74) is 8.08. The molecular weight excluding hydrogens is 228 g/mol. The number of unbranched alkanes of at least 4 members (excludes halogenated alkanes) is 1. The van der Waals surface area contributed by atoms with Crippen LogP contribution in [0.3, 0.4) is 0 Å². The van der Waals surface area contributed by atoms with Gasteiger partial charge in [0.25, 0.3) is 0 Å². The molecular formula is C13H24N4O. The lowest BCUT2D eigenvalue weighted by atomic mass is 10.1. The lowest BCUT2D eigenvalue weighted by Crippen LogP contribution is -2.40. The zero-order valence-electron chi connectivity index (χ0n) is 11.3. The van der Waals surface area contributed by atoms with Gasteiger partial charge in [0.1, 0.15) is 0 Å². The first-order valence-electron chi connectivity index (χ1n) is 6.67. The molecule has 5 heteroatoms. The smallest absolute Gasteiger partial charge is 0.236 e. The Morgan fingerprint density at radius 1 is 1.56 bits per heavy atom. The van der Waals surface area contributed by atoms with E-state index >= 15 is 0 Å². The molecule has 1 rings (SSSR count). The van der Waals surface area contributed by atoms with E-state index in [9.17, 15) is 4.79 Å². The second-order valence-corrected chi connectivity index (χ2v) is 4.66. The molecule has 0 saturated carbocycles. The van der Waals surface area contributed by atoms with Crippen molar-refractivity contribution in [2.75, 3.05) is 6.54 Å². The second-order valence-electron chi connectivity index (χ2n) is 4.66. The molecule has 0 saturated heterocycles. The van der Waals surface area contributed by atoms with Gasteiger partial charge in [-0.2, -0.15) is 5.10 Å². The standard InChI is InChI=1S/C13H24N4O/c1-3-4-7-12(14)13(18)15-8-5-6-11-9-16-17-10(11)2/h9,12H,3-8,14H2,1-2H3,(H,15,18)(H,16,17)/t12-/m0/s1. The highest BCUT2D eigenvalue weighted by molar-refractivity contribution is 5.81. The van der Waals surface area contributed by atoms with Gasteiger partial charge in [0, 0.05) is 12.2 Å². The monoisotopic (exact) mass is 252 g/mol. The third-order valence-corrected chi connectivity index (χ3v) is 3.06. The first kappa shape index (κ1) is 14.7. The topological polar surface area (TPSA) is 83.8 Å². The molecule has 0 spiro atoms. The van der Waals surface area contributed by atoms with Crippen LogP contribution in [0.1, 0.15) is 43.9 Å². The number of aryl methyl sites for hydroxylation is 2. The van der Waals surface area contributed by atoms with Crippen molar-refractivity contribution in [3.05, 3.63) is 17.5 Å². The number of hydrogen-bond donors (Lipinski definition) is 3. The molecule has 4 N–H and O–H groups in total. The summed E-state index contributed by atoms with van der Waals surface area (Å²) in [6, 6.07) is -0.361. The molecule has 1 aromatic heterocycles. The van der Waals surface area contributed by atoms with E-state index in [0.717, 1.165) is 37.8 Å². The third kappa shape index (κ3) is 4.87. The van der Waals surface area contributed by atoms with Crippen molar-refractivity contribution in [3.8, 4) is 0 Å². The van der Waals surface area contributed by atoms with Crippen LogP contribution in [0.25, 0.3) is 0 Å². The minimum atomic E-state index is -0.361. The van der Waals surface area contributed by atoms with Crippen LogP contribution in [-0.4, -0.2) is 28.7 Å². The summed E-state index contributed by atoms with van der Waals surface area (Å²) < 4.78 is 0. The van der Waals surface area contributed by atoms with E-state index in [1.165, 1.54) is 5.56 Å². The van der Waals surface area contributed by atoms with Gasteiger partial charge in [0.05, 0.1) is 12.2 Å². The Morgan fingerprint density at radius 2 is 2.33 bits per heavy atom. The number of nitrogens with zero attached hydrogens (tertiary/aromatic N) is 1. The van der Waals surface area contributed by atoms with Gasteiger partial charge >= 0.3 is 0 Å². The molecule has 1 heterocycles. The average Bonchev–Trinajstić information content (AvgIpc) is 2.77. The fourth-order valence-corrected chi connectivity index (χ4v) is 1.80. The van der Waals surface area contributed by atoms with Crippen molar-refractivity contribution in [2.45, 2.75) is 52.0 Å². The van der Waals surface area contributed by atoms with Gasteiger partial charge in [-0.1, -0.05) is 19.8 Å². The van der Waals surface area contributed by atoms with E-state index in [2.05, 4.69) is 22.4 Å². The van der Waals surface area contributed by atoms with Crippen molar-refractivity contribution < 1.29 is 4.79 Å². The largest absolute Gasteiger partial charge is 0.355 e. The van der Waals surface area contributed by atoms with E-state index < -0.39 is 0 Å². The Labute approximate surface area is 109 Å². The van der Waals surface area contributed by atoms with Crippen molar-refractivity contribution >= 4 is 5.91 Å². The molecule has 0 radical (unpaired) electrons. The highest BCUT2D eigenvalue weighted by Gasteiger charge is 2.11. The Morgan fingerprint density at radius 3 is 2.94 bits per heavy atom. The SMILES string of the molecule is CCCC[C@H](N)C(=O)NCCCc1cn[nH]c1C. The maximum Gasteiger partial charge on any atom is 0.236 e. The van der Waals surface area contributed by atoms with Crippen LogP contribution >= 0.6 is 0 Å². The molecule has 1 atom stereocenters. The number of nitrogens with two attached hydrogens (primary N) is 1. The molecule has 1 aromatic rings. The van der Waals surface area contributed by atoms with Gasteiger partial charge in [0.2, 0.25) is 5.91 Å². The van der Waals surface area contributed by atoms with Crippen LogP contribution in [-0.2, 0) is 11.2 Å². The maximum absolute atomic E-state index is 11.6. The number of aromatic amines is 1. The number of carbonyl (C=O) groups excluding carboxylic acids is 1. The summed E-state index contributed by atoms with van der Waals surface area (Å²) in [4.78, 5) is 11.6. The van der Waals surface area contributed by atoms with Crippen LogP contribution in [0.2, 0.25) is 0 Å². The van der Waals surface area contributed by atoms with E-state index in [1.54, 1.807) is 0 Å². The van der Waals surface area contributed by atoms with Crippen molar-refractivity contribution in [1.29, 1.82) is 0 Å². The van der Waals surface area contributed by atoms with E-state index in [4.69, 9.17) is 5.73 Å². The molecule has 0 aromatic carbocycles. The molecule has 0 aliphatic carbocycles. The molecule has 1 amide bonds. The highest BCUT2D eigenvalue weighted by atomic mass is 16.2. The zero-order chi connectivity index (χ0) is 13.4. The highest BCUT2D eigenvalue weighted by Crippen LogP contribution is 2.05. The Hall–Kier alpha value is -1.36. The van der Waals surface area contributed by atoms with Crippen LogP contribution < -0.4 is 11.1 Å². The number of aromatic nitrogens is 2. The van der Waals surface area contributed by atoms with Crippen LogP contribution in [0.4, 0.5) is 0 Å². The lowest BCUT2D eigenvalue weighted by molar-refractivity contribution is -0.122. The predicted octanol–water partition coefficient (Wildman–Crippen LogP) is 1.28. The number of nitrogens with one attached hydrogen (secondary N) is 2. The van der Waals surface area contributed by atoms with Gasteiger partial charge in [0.15, 0.2) is 0 Å². The maximum atomic E-state index is 11.6. The molecule has 0 aliphatic heterocycles.